The molecule has 4 amide bonds. The summed E-state index contributed by atoms with van der Waals surface area (Å²) in [6, 6.07) is 14.7. The minimum Gasteiger partial charge on any atom is -0.493 e. The monoisotopic (exact) mass is 520 g/mol. The van der Waals surface area contributed by atoms with Crippen molar-refractivity contribution in [2.45, 2.75) is 13.5 Å². The lowest BCUT2D eigenvalue weighted by molar-refractivity contribution is -0.122. The molecule has 10 heteroatoms. The summed E-state index contributed by atoms with van der Waals surface area (Å²) >= 11 is 6.49. The predicted molar refractivity (Wildman–Crippen MR) is 135 cm³/mol. The second kappa shape index (κ2) is 9.87. The first-order valence-corrected chi connectivity index (χ1v) is 11.6. The number of urea groups is 1. The quantitative estimate of drug-likeness (QED) is 0.373. The largest absolute Gasteiger partial charge is 0.493 e. The van der Waals surface area contributed by atoms with Crippen LogP contribution in [0.4, 0.5) is 10.5 Å². The highest BCUT2D eigenvalue weighted by molar-refractivity contribution is 6.39. The Labute approximate surface area is 217 Å². The van der Waals surface area contributed by atoms with Gasteiger partial charge in [0, 0.05) is 6.07 Å². The van der Waals surface area contributed by atoms with Gasteiger partial charge in [-0.25, -0.2) is 9.69 Å². The number of barbiturate groups is 1. The molecule has 3 aromatic carbocycles. The fourth-order valence-corrected chi connectivity index (χ4v) is 4.28. The lowest BCUT2D eigenvalue weighted by Crippen LogP contribution is -2.54. The van der Waals surface area contributed by atoms with Gasteiger partial charge in [-0.1, -0.05) is 41.4 Å². The van der Waals surface area contributed by atoms with Crippen LogP contribution in [0.5, 0.6) is 23.0 Å². The molecule has 5 rings (SSSR count). The fourth-order valence-electron chi connectivity index (χ4n) is 4.00. The molecule has 0 radical (unpaired) electrons. The molecule has 0 saturated carbocycles. The molecule has 1 fully saturated rings. The van der Waals surface area contributed by atoms with Crippen LogP contribution >= 0.6 is 11.6 Å². The van der Waals surface area contributed by atoms with Crippen molar-refractivity contribution in [1.82, 2.24) is 5.32 Å². The minimum absolute atomic E-state index is 0.0376. The van der Waals surface area contributed by atoms with E-state index in [1.165, 1.54) is 25.3 Å². The van der Waals surface area contributed by atoms with Crippen molar-refractivity contribution in [3.05, 3.63) is 81.9 Å². The molecule has 2 aliphatic rings. The Morgan fingerprint density at radius 1 is 1.05 bits per heavy atom. The summed E-state index contributed by atoms with van der Waals surface area (Å²) < 4.78 is 22.0. The molecule has 0 unspecified atom stereocenters. The van der Waals surface area contributed by atoms with Gasteiger partial charge in [0.15, 0.2) is 23.0 Å². The molecule has 1 N–H and O–H groups in total. The van der Waals surface area contributed by atoms with E-state index in [4.69, 9.17) is 30.5 Å². The van der Waals surface area contributed by atoms with E-state index in [2.05, 4.69) is 5.32 Å². The molecule has 0 aromatic heterocycles. The Kier molecular flexibility index (Phi) is 6.45. The minimum atomic E-state index is -0.874. The number of amides is 4. The summed E-state index contributed by atoms with van der Waals surface area (Å²) in [5.41, 5.74) is 2.43. The average molecular weight is 521 g/mol. The zero-order chi connectivity index (χ0) is 26.1. The zero-order valence-corrected chi connectivity index (χ0v) is 20.6. The van der Waals surface area contributed by atoms with Gasteiger partial charge in [-0.05, 0) is 48.4 Å². The number of halogens is 1. The number of aryl methyl sites for hydroxylation is 1. The summed E-state index contributed by atoms with van der Waals surface area (Å²) in [6.07, 6.45) is 1.34. The normalized spacial score (nSPS) is 15.7. The van der Waals surface area contributed by atoms with Crippen LogP contribution in [0.3, 0.4) is 0 Å². The highest BCUT2D eigenvalue weighted by Crippen LogP contribution is 2.39. The number of benzene rings is 3. The van der Waals surface area contributed by atoms with E-state index in [-0.39, 0.29) is 29.7 Å². The second-order valence-electron chi connectivity index (χ2n) is 8.31. The highest BCUT2D eigenvalue weighted by atomic mass is 35.5. The van der Waals surface area contributed by atoms with E-state index in [0.717, 1.165) is 16.0 Å². The van der Waals surface area contributed by atoms with Gasteiger partial charge in [-0.2, -0.15) is 0 Å². The molecule has 0 spiro atoms. The van der Waals surface area contributed by atoms with Crippen molar-refractivity contribution in [1.29, 1.82) is 0 Å². The smallest absolute Gasteiger partial charge is 0.335 e. The highest BCUT2D eigenvalue weighted by Gasteiger charge is 2.37. The fraction of sp³-hybridized carbons (Fsp3) is 0.148. The number of ether oxygens (including phenoxy) is 4. The topological polar surface area (TPSA) is 103 Å². The lowest BCUT2D eigenvalue weighted by atomic mass is 10.1. The molecule has 0 aliphatic carbocycles. The number of imide groups is 2. The first-order chi connectivity index (χ1) is 17.8. The summed E-state index contributed by atoms with van der Waals surface area (Å²) in [5.74, 6) is -0.113. The SMILES string of the molecule is COc1cc(/C=C2\C(=O)NC(=O)N(c3ccc4c(c3)OCO4)C2=O)cc(Cl)c1OCc1cccc(C)c1. The van der Waals surface area contributed by atoms with E-state index >= 15 is 0 Å². The van der Waals surface area contributed by atoms with Gasteiger partial charge < -0.3 is 18.9 Å². The maximum absolute atomic E-state index is 13.3. The third-order valence-electron chi connectivity index (χ3n) is 5.74. The average Bonchev–Trinajstić information content (AvgIpc) is 3.33. The van der Waals surface area contributed by atoms with Crippen LogP contribution in [0.1, 0.15) is 16.7 Å². The van der Waals surface area contributed by atoms with Crippen LogP contribution in [0.25, 0.3) is 6.08 Å². The molecule has 0 bridgehead atoms. The maximum Gasteiger partial charge on any atom is 0.335 e. The maximum atomic E-state index is 13.3. The molecule has 2 aliphatic heterocycles. The van der Waals surface area contributed by atoms with Crippen molar-refractivity contribution in [2.75, 3.05) is 18.8 Å². The van der Waals surface area contributed by atoms with Crippen molar-refractivity contribution in [2.24, 2.45) is 0 Å². The van der Waals surface area contributed by atoms with Gasteiger partial charge in [-0.15, -0.1) is 0 Å². The summed E-state index contributed by atoms with van der Waals surface area (Å²) in [5, 5.41) is 2.42. The van der Waals surface area contributed by atoms with Crippen molar-refractivity contribution >= 4 is 41.2 Å². The van der Waals surface area contributed by atoms with E-state index in [9.17, 15) is 14.4 Å². The Hall–Kier alpha value is -4.50. The number of hydrogen-bond acceptors (Lipinski definition) is 7. The number of fused-ring (bicyclic) bond motifs is 1. The number of nitrogens with zero attached hydrogens (tertiary/aromatic N) is 1. The van der Waals surface area contributed by atoms with Crippen LogP contribution < -0.4 is 29.2 Å². The number of nitrogens with one attached hydrogen (secondary N) is 1. The number of hydrogen-bond donors (Lipinski definition) is 1. The first kappa shape index (κ1) is 24.2. The van der Waals surface area contributed by atoms with Gasteiger partial charge in [-0.3, -0.25) is 14.9 Å². The van der Waals surface area contributed by atoms with E-state index in [1.807, 2.05) is 31.2 Å². The van der Waals surface area contributed by atoms with Crippen molar-refractivity contribution in [3.63, 3.8) is 0 Å². The number of rotatable bonds is 6. The van der Waals surface area contributed by atoms with E-state index < -0.39 is 17.8 Å². The Morgan fingerprint density at radius 2 is 1.86 bits per heavy atom. The zero-order valence-electron chi connectivity index (χ0n) is 19.9. The molecular formula is C27H21ClN2O7. The number of carbonyl (C=O) groups is 3. The summed E-state index contributed by atoms with van der Waals surface area (Å²) in [4.78, 5) is 39.2. The second-order valence-corrected chi connectivity index (χ2v) is 8.71. The van der Waals surface area contributed by atoms with Crippen molar-refractivity contribution < 1.29 is 33.3 Å². The first-order valence-electron chi connectivity index (χ1n) is 11.2. The molecule has 9 nitrogen and oxygen atoms in total. The van der Waals surface area contributed by atoms with Crippen LogP contribution in [-0.2, 0) is 16.2 Å². The predicted octanol–water partition coefficient (Wildman–Crippen LogP) is 4.63. The van der Waals surface area contributed by atoms with Crippen molar-refractivity contribution in [3.8, 4) is 23.0 Å². The summed E-state index contributed by atoms with van der Waals surface area (Å²) in [7, 11) is 1.46. The molecule has 3 aromatic rings. The van der Waals surface area contributed by atoms with Crippen LogP contribution in [-0.4, -0.2) is 31.7 Å². The van der Waals surface area contributed by atoms with Gasteiger partial charge in [0.1, 0.15) is 12.2 Å². The van der Waals surface area contributed by atoms with Gasteiger partial charge in [0.25, 0.3) is 11.8 Å². The third-order valence-corrected chi connectivity index (χ3v) is 6.03. The Balaban J connectivity index is 1.43. The number of carbonyl (C=O) groups excluding carboxylic acids is 3. The summed E-state index contributed by atoms with van der Waals surface area (Å²) in [6.45, 7) is 2.30. The Morgan fingerprint density at radius 3 is 2.65 bits per heavy atom. The molecule has 188 valence electrons. The number of anilines is 1. The molecule has 37 heavy (non-hydrogen) atoms. The van der Waals surface area contributed by atoms with Crippen LogP contribution in [0.2, 0.25) is 5.02 Å². The van der Waals surface area contributed by atoms with Crippen LogP contribution in [0, 0.1) is 6.92 Å². The standard InChI is InChI=1S/C27H21ClN2O7/c1-15-4-3-5-16(8-15)13-35-24-20(28)10-17(11-23(24)34-2)9-19-25(31)29-27(33)30(26(19)32)18-6-7-21-22(12-18)37-14-36-21/h3-12H,13-14H2,1-2H3,(H,29,31,33)/b19-9+. The van der Waals surface area contributed by atoms with E-state index in [0.29, 0.717) is 28.6 Å². The molecule has 2 heterocycles. The Bertz CT molecular complexity index is 1470. The molecular weight excluding hydrogens is 500 g/mol. The molecule has 0 atom stereocenters. The van der Waals surface area contributed by atoms with Gasteiger partial charge in [0.05, 0.1) is 17.8 Å². The lowest BCUT2D eigenvalue weighted by Gasteiger charge is -2.26. The van der Waals surface area contributed by atoms with E-state index in [1.54, 1.807) is 18.2 Å². The molecule has 1 saturated heterocycles. The third kappa shape index (κ3) is 4.81. The van der Waals surface area contributed by atoms with Gasteiger partial charge >= 0.3 is 6.03 Å². The van der Waals surface area contributed by atoms with Gasteiger partial charge in [0.2, 0.25) is 6.79 Å². The van der Waals surface area contributed by atoms with Crippen LogP contribution in [0.15, 0.2) is 60.2 Å². The number of methoxy groups -OCH3 is 1.